The fraction of sp³-hybridized carbons (Fsp3) is 0.188. The third-order valence-electron chi connectivity index (χ3n) is 3.73. The van der Waals surface area contributed by atoms with E-state index < -0.39 is 10.0 Å². The van der Waals surface area contributed by atoms with Gasteiger partial charge in [-0.3, -0.25) is 9.10 Å². The molecule has 0 fully saturated rings. The van der Waals surface area contributed by atoms with Gasteiger partial charge in [-0.1, -0.05) is 23.7 Å². The van der Waals surface area contributed by atoms with Crippen LogP contribution in [-0.4, -0.2) is 34.5 Å². The van der Waals surface area contributed by atoms with Crippen molar-refractivity contribution in [2.24, 2.45) is 0 Å². The van der Waals surface area contributed by atoms with Crippen molar-refractivity contribution in [2.75, 3.05) is 24.5 Å². The lowest BCUT2D eigenvalue weighted by Gasteiger charge is -2.24. The van der Waals surface area contributed by atoms with Gasteiger partial charge >= 0.3 is 0 Å². The molecule has 0 atom stereocenters. The summed E-state index contributed by atoms with van der Waals surface area (Å²) < 4.78 is 32.4. The Labute approximate surface area is 145 Å². The normalized spacial score (nSPS) is 14.6. The van der Waals surface area contributed by atoms with Crippen LogP contribution >= 0.6 is 11.6 Å². The molecule has 3 rings (SSSR count). The second-order valence-electron chi connectivity index (χ2n) is 5.15. The number of anilines is 1. The van der Waals surface area contributed by atoms with Crippen molar-refractivity contribution in [3.05, 3.63) is 53.1 Å². The van der Waals surface area contributed by atoms with Crippen molar-refractivity contribution in [1.29, 1.82) is 0 Å². The van der Waals surface area contributed by atoms with E-state index in [9.17, 15) is 13.2 Å². The molecule has 6 nitrogen and oxygen atoms in total. The number of halogens is 1. The van der Waals surface area contributed by atoms with Crippen LogP contribution in [0.3, 0.4) is 0 Å². The molecule has 0 saturated carbocycles. The Balaban J connectivity index is 2.11. The maximum Gasteiger partial charge on any atom is 0.264 e. The molecule has 1 heterocycles. The molecule has 2 aromatic carbocycles. The molecule has 0 aliphatic carbocycles. The number of sulfonamides is 1. The fourth-order valence-electron chi connectivity index (χ4n) is 2.55. The van der Waals surface area contributed by atoms with E-state index in [-0.39, 0.29) is 28.9 Å². The van der Waals surface area contributed by atoms with Crippen LogP contribution in [0.1, 0.15) is 10.4 Å². The number of methoxy groups -OCH3 is 1. The molecule has 0 saturated heterocycles. The molecule has 0 spiro atoms. The van der Waals surface area contributed by atoms with E-state index in [0.717, 1.165) is 0 Å². The molecule has 8 heteroatoms. The van der Waals surface area contributed by atoms with Crippen LogP contribution in [0, 0.1) is 0 Å². The van der Waals surface area contributed by atoms with Gasteiger partial charge in [-0.25, -0.2) is 8.42 Å². The van der Waals surface area contributed by atoms with Gasteiger partial charge in [-0.05, 0) is 30.3 Å². The van der Waals surface area contributed by atoms with Crippen molar-refractivity contribution in [3.8, 4) is 5.75 Å². The number of carbonyl (C=O) groups excluding carboxylic acids is 1. The van der Waals surface area contributed by atoms with Gasteiger partial charge in [0.2, 0.25) is 0 Å². The van der Waals surface area contributed by atoms with E-state index in [1.54, 1.807) is 24.3 Å². The van der Waals surface area contributed by atoms with Crippen molar-refractivity contribution < 1.29 is 17.9 Å². The highest BCUT2D eigenvalue weighted by Crippen LogP contribution is 2.32. The monoisotopic (exact) mass is 366 g/mol. The van der Waals surface area contributed by atoms with E-state index in [4.69, 9.17) is 16.3 Å². The molecule has 0 radical (unpaired) electrons. The van der Waals surface area contributed by atoms with Gasteiger partial charge in [0.05, 0.1) is 34.8 Å². The van der Waals surface area contributed by atoms with Crippen LogP contribution < -0.4 is 14.4 Å². The summed E-state index contributed by atoms with van der Waals surface area (Å²) in [7, 11) is -2.41. The molecule has 1 amide bonds. The van der Waals surface area contributed by atoms with E-state index >= 15 is 0 Å². The molecular formula is C16H15ClN2O4S. The largest absolute Gasteiger partial charge is 0.495 e. The van der Waals surface area contributed by atoms with Gasteiger partial charge in [-0.15, -0.1) is 0 Å². The second kappa shape index (κ2) is 6.33. The number of para-hydroxylation sites is 1. The Morgan fingerprint density at radius 2 is 1.96 bits per heavy atom. The lowest BCUT2D eigenvalue weighted by molar-refractivity contribution is 0.0958. The predicted octanol–water partition coefficient (Wildman–Crippen LogP) is 2.29. The molecule has 1 aliphatic heterocycles. The van der Waals surface area contributed by atoms with Crippen molar-refractivity contribution in [1.82, 2.24) is 5.32 Å². The summed E-state index contributed by atoms with van der Waals surface area (Å²) in [4.78, 5) is 12.1. The first-order valence-corrected chi connectivity index (χ1v) is 9.00. The Hall–Kier alpha value is -2.25. The summed E-state index contributed by atoms with van der Waals surface area (Å²) in [5, 5.41) is 2.90. The molecule has 0 bridgehead atoms. The maximum atomic E-state index is 13.0. The number of nitrogens with zero attached hydrogens (tertiary/aromatic N) is 1. The van der Waals surface area contributed by atoms with E-state index in [0.29, 0.717) is 17.0 Å². The number of amides is 1. The molecule has 0 unspecified atom stereocenters. The summed E-state index contributed by atoms with van der Waals surface area (Å²) in [5.41, 5.74) is 0.664. The minimum atomic E-state index is -3.87. The second-order valence-corrected chi connectivity index (χ2v) is 7.42. The highest BCUT2D eigenvalue weighted by Gasteiger charge is 2.30. The lowest BCUT2D eigenvalue weighted by Crippen LogP contribution is -2.35. The minimum absolute atomic E-state index is 0.0393. The standard InChI is InChI=1S/C16H15ClN2O4S/c1-23-15-7-6-11(10-13(15)17)24(21,22)19-9-8-18-16(20)12-4-2-3-5-14(12)19/h2-7,10H,8-9H2,1H3,(H,18,20). The summed E-state index contributed by atoms with van der Waals surface area (Å²) in [5.74, 6) is 0.0970. The van der Waals surface area contributed by atoms with Gasteiger partial charge in [-0.2, -0.15) is 0 Å². The van der Waals surface area contributed by atoms with Crippen molar-refractivity contribution >= 4 is 33.2 Å². The topological polar surface area (TPSA) is 75.7 Å². The quantitative estimate of drug-likeness (QED) is 0.904. The molecule has 1 N–H and O–H groups in total. The van der Waals surface area contributed by atoms with Crippen LogP contribution in [0.2, 0.25) is 5.02 Å². The Bertz CT molecular complexity index is 899. The van der Waals surface area contributed by atoms with Crippen LogP contribution in [0.15, 0.2) is 47.4 Å². The Kier molecular flexibility index (Phi) is 4.38. The minimum Gasteiger partial charge on any atom is -0.495 e. The number of hydrogen-bond acceptors (Lipinski definition) is 4. The Morgan fingerprint density at radius 1 is 1.21 bits per heavy atom. The third-order valence-corrected chi connectivity index (χ3v) is 5.83. The number of fused-ring (bicyclic) bond motifs is 1. The van der Waals surface area contributed by atoms with Gasteiger partial charge in [0.15, 0.2) is 0 Å². The predicted molar refractivity (Wildman–Crippen MR) is 91.3 cm³/mol. The summed E-state index contributed by atoms with van der Waals surface area (Å²) >= 11 is 6.06. The van der Waals surface area contributed by atoms with Crippen LogP contribution in [0.4, 0.5) is 5.69 Å². The zero-order chi connectivity index (χ0) is 17.3. The zero-order valence-electron chi connectivity index (χ0n) is 12.8. The average Bonchev–Trinajstić information content (AvgIpc) is 2.74. The smallest absolute Gasteiger partial charge is 0.264 e. The number of ether oxygens (including phenoxy) is 1. The molecule has 1 aliphatic rings. The molecule has 2 aromatic rings. The Morgan fingerprint density at radius 3 is 2.67 bits per heavy atom. The fourth-order valence-corrected chi connectivity index (χ4v) is 4.39. The number of hydrogen-bond donors (Lipinski definition) is 1. The molecular weight excluding hydrogens is 352 g/mol. The zero-order valence-corrected chi connectivity index (χ0v) is 14.4. The molecule has 0 aromatic heterocycles. The number of rotatable bonds is 3. The maximum absolute atomic E-state index is 13.0. The van der Waals surface area contributed by atoms with Gasteiger partial charge in [0.1, 0.15) is 5.75 Å². The van der Waals surface area contributed by atoms with E-state index in [2.05, 4.69) is 5.32 Å². The number of carbonyl (C=O) groups is 1. The lowest BCUT2D eigenvalue weighted by atomic mass is 10.2. The summed E-state index contributed by atoms with van der Waals surface area (Å²) in [6.07, 6.45) is 0. The summed E-state index contributed by atoms with van der Waals surface area (Å²) in [6, 6.07) is 10.9. The van der Waals surface area contributed by atoms with Gasteiger partial charge in [0.25, 0.3) is 15.9 Å². The SMILES string of the molecule is COc1ccc(S(=O)(=O)N2CCNC(=O)c3ccccc32)cc1Cl. The first kappa shape index (κ1) is 16.6. The highest BCUT2D eigenvalue weighted by atomic mass is 35.5. The number of nitrogens with one attached hydrogen (secondary N) is 1. The van der Waals surface area contributed by atoms with Gasteiger partial charge in [0, 0.05) is 6.54 Å². The molecule has 24 heavy (non-hydrogen) atoms. The summed E-state index contributed by atoms with van der Waals surface area (Å²) in [6.45, 7) is 0.353. The van der Waals surface area contributed by atoms with E-state index in [1.165, 1.54) is 29.6 Å². The molecule has 126 valence electrons. The van der Waals surface area contributed by atoms with Crippen LogP contribution in [-0.2, 0) is 10.0 Å². The van der Waals surface area contributed by atoms with Crippen LogP contribution in [0.25, 0.3) is 0 Å². The highest BCUT2D eigenvalue weighted by molar-refractivity contribution is 7.92. The number of benzene rings is 2. The van der Waals surface area contributed by atoms with Crippen molar-refractivity contribution in [2.45, 2.75) is 4.90 Å². The first-order chi connectivity index (χ1) is 11.4. The van der Waals surface area contributed by atoms with Crippen molar-refractivity contribution in [3.63, 3.8) is 0 Å². The first-order valence-electron chi connectivity index (χ1n) is 7.18. The average molecular weight is 367 g/mol. The van der Waals surface area contributed by atoms with Crippen LogP contribution in [0.5, 0.6) is 5.75 Å². The van der Waals surface area contributed by atoms with Gasteiger partial charge < -0.3 is 10.1 Å². The third kappa shape index (κ3) is 2.81. The van der Waals surface area contributed by atoms with E-state index in [1.807, 2.05) is 0 Å².